The van der Waals surface area contributed by atoms with Gasteiger partial charge in [-0.05, 0) is 54.1 Å². The number of hydrogen-bond donors (Lipinski definition) is 1. The quantitative estimate of drug-likeness (QED) is 0.188. The van der Waals surface area contributed by atoms with Crippen molar-refractivity contribution in [3.8, 4) is 11.5 Å². The molecule has 3 aromatic rings. The molecule has 1 amide bonds. The van der Waals surface area contributed by atoms with Gasteiger partial charge in [-0.2, -0.15) is 5.10 Å². The average molecular weight is 454 g/mol. The van der Waals surface area contributed by atoms with E-state index in [-0.39, 0.29) is 22.7 Å². The smallest absolute Gasteiger partial charge is 0.343 e. The summed E-state index contributed by atoms with van der Waals surface area (Å²) < 4.78 is 10.6. The Bertz CT molecular complexity index is 1190. The number of amides is 1. The zero-order valence-corrected chi connectivity index (χ0v) is 17.4. The molecule has 9 nitrogen and oxygen atoms in total. The molecular weight excluding hydrogens is 438 g/mol. The fourth-order valence-electron chi connectivity index (χ4n) is 2.58. The van der Waals surface area contributed by atoms with Crippen LogP contribution in [0.4, 0.5) is 5.69 Å². The summed E-state index contributed by atoms with van der Waals surface area (Å²) in [6.07, 6.45) is 1.35. The van der Waals surface area contributed by atoms with Crippen LogP contribution in [0.2, 0.25) is 5.02 Å². The van der Waals surface area contributed by atoms with E-state index in [1.807, 2.05) is 0 Å². The maximum Gasteiger partial charge on any atom is 0.343 e. The first kappa shape index (κ1) is 22.4. The number of hydrazone groups is 1. The van der Waals surface area contributed by atoms with Crippen LogP contribution < -0.4 is 14.9 Å². The molecule has 162 valence electrons. The van der Waals surface area contributed by atoms with Gasteiger partial charge in [-0.25, -0.2) is 10.2 Å². The number of methoxy groups -OCH3 is 1. The van der Waals surface area contributed by atoms with E-state index in [9.17, 15) is 19.7 Å². The number of non-ortho nitro benzene ring substituents is 1. The van der Waals surface area contributed by atoms with E-state index in [0.29, 0.717) is 16.1 Å². The Morgan fingerprint density at radius 2 is 1.78 bits per heavy atom. The molecule has 1 N–H and O–H groups in total. The van der Waals surface area contributed by atoms with Crippen molar-refractivity contribution in [2.45, 2.75) is 0 Å². The van der Waals surface area contributed by atoms with Gasteiger partial charge in [0, 0.05) is 22.7 Å². The molecule has 0 atom stereocenters. The molecule has 0 heterocycles. The second kappa shape index (κ2) is 10.2. The number of nitro benzene ring substituents is 1. The highest BCUT2D eigenvalue weighted by Gasteiger charge is 2.13. The van der Waals surface area contributed by atoms with Crippen LogP contribution in [-0.2, 0) is 0 Å². The van der Waals surface area contributed by atoms with Gasteiger partial charge in [0.25, 0.3) is 11.6 Å². The van der Waals surface area contributed by atoms with Gasteiger partial charge in [-0.1, -0.05) is 17.7 Å². The van der Waals surface area contributed by atoms with Crippen molar-refractivity contribution in [3.05, 3.63) is 98.6 Å². The van der Waals surface area contributed by atoms with Gasteiger partial charge >= 0.3 is 5.97 Å². The van der Waals surface area contributed by atoms with Crippen molar-refractivity contribution in [2.75, 3.05) is 7.11 Å². The molecule has 0 aliphatic rings. The van der Waals surface area contributed by atoms with Crippen molar-refractivity contribution in [1.29, 1.82) is 0 Å². The van der Waals surface area contributed by atoms with Crippen LogP contribution in [0.25, 0.3) is 0 Å². The Hall–Kier alpha value is -4.24. The van der Waals surface area contributed by atoms with Gasteiger partial charge in [-0.15, -0.1) is 0 Å². The number of nitro groups is 1. The summed E-state index contributed by atoms with van der Waals surface area (Å²) in [7, 11) is 1.42. The lowest BCUT2D eigenvalue weighted by molar-refractivity contribution is -0.384. The summed E-state index contributed by atoms with van der Waals surface area (Å²) >= 11 is 5.82. The molecule has 0 aromatic heterocycles. The highest BCUT2D eigenvalue weighted by molar-refractivity contribution is 6.30. The lowest BCUT2D eigenvalue weighted by atomic mass is 10.2. The van der Waals surface area contributed by atoms with Gasteiger partial charge in [0.15, 0.2) is 11.5 Å². The Kier molecular flexibility index (Phi) is 7.14. The SMILES string of the molecule is COc1cc(/C=N/NC(=O)c2cccc([N+](=O)[O-])c2)ccc1OC(=O)c1ccc(Cl)cc1. The fraction of sp³-hybridized carbons (Fsp3) is 0.0455. The van der Waals surface area contributed by atoms with Gasteiger partial charge in [0.2, 0.25) is 0 Å². The predicted molar refractivity (Wildman–Crippen MR) is 118 cm³/mol. The number of ether oxygens (including phenoxy) is 2. The standard InChI is InChI=1S/C22H16ClN3O6/c1-31-20-11-14(5-10-19(20)32-22(28)15-6-8-17(23)9-7-15)13-24-25-21(27)16-3-2-4-18(12-16)26(29)30/h2-13H,1H3,(H,25,27)/b24-13+. The van der Waals surface area contributed by atoms with Crippen LogP contribution >= 0.6 is 11.6 Å². The van der Waals surface area contributed by atoms with Crippen LogP contribution in [0.5, 0.6) is 11.5 Å². The number of nitrogens with one attached hydrogen (secondary N) is 1. The summed E-state index contributed by atoms with van der Waals surface area (Å²) in [6, 6.07) is 16.2. The number of nitrogens with zero attached hydrogens (tertiary/aromatic N) is 2. The number of benzene rings is 3. The van der Waals surface area contributed by atoms with Gasteiger partial charge in [0.1, 0.15) is 0 Å². The number of carbonyl (C=O) groups is 2. The normalized spacial score (nSPS) is 10.6. The van der Waals surface area contributed by atoms with E-state index in [1.54, 1.807) is 36.4 Å². The number of halogens is 1. The molecule has 0 spiro atoms. The van der Waals surface area contributed by atoms with Crippen LogP contribution in [-0.4, -0.2) is 30.1 Å². The minimum atomic E-state index is -0.606. The Morgan fingerprint density at radius 3 is 2.47 bits per heavy atom. The summed E-state index contributed by atoms with van der Waals surface area (Å²) in [5.41, 5.74) is 3.07. The number of carbonyl (C=O) groups excluding carboxylic acids is 2. The molecule has 3 rings (SSSR count). The summed E-state index contributed by atoms with van der Waals surface area (Å²) in [5.74, 6) is -0.706. The average Bonchev–Trinajstić information content (AvgIpc) is 2.80. The van der Waals surface area contributed by atoms with Crippen molar-refractivity contribution in [2.24, 2.45) is 5.10 Å². The molecule has 0 fully saturated rings. The third kappa shape index (κ3) is 5.67. The maximum absolute atomic E-state index is 12.3. The molecule has 3 aromatic carbocycles. The van der Waals surface area contributed by atoms with Crippen LogP contribution in [0.3, 0.4) is 0 Å². The first-order valence-corrected chi connectivity index (χ1v) is 9.49. The molecule has 0 aliphatic heterocycles. The molecule has 0 radical (unpaired) electrons. The minimum absolute atomic E-state index is 0.0957. The van der Waals surface area contributed by atoms with Crippen LogP contribution in [0.1, 0.15) is 26.3 Å². The zero-order valence-electron chi connectivity index (χ0n) is 16.7. The largest absolute Gasteiger partial charge is 0.493 e. The minimum Gasteiger partial charge on any atom is -0.493 e. The number of rotatable bonds is 7. The molecule has 0 unspecified atom stereocenters. The molecular formula is C22H16ClN3O6. The molecule has 0 saturated heterocycles. The first-order valence-electron chi connectivity index (χ1n) is 9.11. The monoisotopic (exact) mass is 453 g/mol. The topological polar surface area (TPSA) is 120 Å². The molecule has 0 aliphatic carbocycles. The van der Waals surface area contributed by atoms with E-state index in [4.69, 9.17) is 21.1 Å². The van der Waals surface area contributed by atoms with Crippen molar-refractivity contribution >= 4 is 35.4 Å². The van der Waals surface area contributed by atoms with Gasteiger partial charge in [0.05, 0.1) is 23.8 Å². The highest BCUT2D eigenvalue weighted by Crippen LogP contribution is 2.28. The zero-order chi connectivity index (χ0) is 23.1. The van der Waals surface area contributed by atoms with Crippen LogP contribution in [0, 0.1) is 10.1 Å². The predicted octanol–water partition coefficient (Wildman–Crippen LogP) is 4.24. The third-order valence-electron chi connectivity index (χ3n) is 4.17. The maximum atomic E-state index is 12.3. The Balaban J connectivity index is 1.67. The second-order valence-electron chi connectivity index (χ2n) is 6.31. The van der Waals surface area contributed by atoms with Crippen molar-refractivity contribution < 1.29 is 24.0 Å². The molecule has 0 saturated carbocycles. The second-order valence-corrected chi connectivity index (χ2v) is 6.75. The summed E-state index contributed by atoms with van der Waals surface area (Å²) in [6.45, 7) is 0. The lowest BCUT2D eigenvalue weighted by Gasteiger charge is -2.10. The van der Waals surface area contributed by atoms with E-state index >= 15 is 0 Å². The van der Waals surface area contributed by atoms with Gasteiger partial charge in [-0.3, -0.25) is 14.9 Å². The Labute approximate surface area is 187 Å². The van der Waals surface area contributed by atoms with Crippen molar-refractivity contribution in [1.82, 2.24) is 5.43 Å². The van der Waals surface area contributed by atoms with E-state index < -0.39 is 16.8 Å². The van der Waals surface area contributed by atoms with Crippen LogP contribution in [0.15, 0.2) is 71.8 Å². The summed E-state index contributed by atoms with van der Waals surface area (Å²) in [4.78, 5) is 34.6. The Morgan fingerprint density at radius 1 is 1.03 bits per heavy atom. The molecule has 32 heavy (non-hydrogen) atoms. The molecule has 10 heteroatoms. The number of esters is 1. The van der Waals surface area contributed by atoms with E-state index in [0.717, 1.165) is 6.07 Å². The highest BCUT2D eigenvalue weighted by atomic mass is 35.5. The van der Waals surface area contributed by atoms with Crippen molar-refractivity contribution in [3.63, 3.8) is 0 Å². The van der Waals surface area contributed by atoms with Gasteiger partial charge < -0.3 is 9.47 Å². The first-order chi connectivity index (χ1) is 15.4. The summed E-state index contributed by atoms with van der Waals surface area (Å²) in [5, 5.41) is 15.2. The fourth-order valence-corrected chi connectivity index (χ4v) is 2.71. The van der Waals surface area contributed by atoms with E-state index in [1.165, 1.54) is 37.6 Å². The third-order valence-corrected chi connectivity index (χ3v) is 4.42. The lowest BCUT2D eigenvalue weighted by Crippen LogP contribution is -2.17. The van der Waals surface area contributed by atoms with E-state index in [2.05, 4.69) is 10.5 Å². The number of hydrogen-bond acceptors (Lipinski definition) is 7. The molecule has 0 bridgehead atoms.